The van der Waals surface area contributed by atoms with Crippen molar-refractivity contribution in [2.75, 3.05) is 19.7 Å². The van der Waals surface area contributed by atoms with Gasteiger partial charge in [-0.1, -0.05) is 6.07 Å². The van der Waals surface area contributed by atoms with Crippen molar-refractivity contribution in [3.05, 3.63) is 28.3 Å². The van der Waals surface area contributed by atoms with E-state index >= 15 is 0 Å². The van der Waals surface area contributed by atoms with Gasteiger partial charge in [-0.25, -0.2) is 8.42 Å². The van der Waals surface area contributed by atoms with Crippen LogP contribution in [0, 0.1) is 33.6 Å². The third-order valence-corrected chi connectivity index (χ3v) is 8.59. The summed E-state index contributed by atoms with van der Waals surface area (Å²) in [6.45, 7) is 15.5. The summed E-state index contributed by atoms with van der Waals surface area (Å²) in [5.74, 6) is -1.05. The third-order valence-electron chi connectivity index (χ3n) is 6.42. The highest BCUT2D eigenvalue weighted by molar-refractivity contribution is 7.89. The second-order valence-electron chi connectivity index (χ2n) is 9.36. The lowest BCUT2D eigenvalue weighted by Gasteiger charge is -2.32. The van der Waals surface area contributed by atoms with E-state index in [1.807, 2.05) is 61.5 Å². The minimum atomic E-state index is -3.65. The standard InChI is InChI=1S/C24H38N2O5S/c1-15(2)26(16(3)4)22(27)14-31-24(28)21-9-11-25(12-10-21)32(29,30)23-19(7)17(5)13-18(6)20(23)8/h13,15-16,21H,9-12,14H2,1-8H3. The van der Waals surface area contributed by atoms with E-state index in [0.717, 1.165) is 22.3 Å². The number of amides is 1. The van der Waals surface area contributed by atoms with Crippen LogP contribution in [-0.2, 0) is 24.3 Å². The van der Waals surface area contributed by atoms with Crippen LogP contribution in [0.5, 0.6) is 0 Å². The lowest BCUT2D eigenvalue weighted by atomic mass is 9.98. The topological polar surface area (TPSA) is 84.0 Å². The van der Waals surface area contributed by atoms with Gasteiger partial charge in [-0.05, 0) is 90.5 Å². The molecule has 7 nitrogen and oxygen atoms in total. The van der Waals surface area contributed by atoms with E-state index in [-0.39, 0.29) is 37.7 Å². The summed E-state index contributed by atoms with van der Waals surface area (Å²) >= 11 is 0. The summed E-state index contributed by atoms with van der Waals surface area (Å²) in [5.41, 5.74) is 3.44. The molecule has 1 amide bonds. The molecule has 8 heteroatoms. The number of rotatable bonds is 7. The lowest BCUT2D eigenvalue weighted by molar-refractivity contribution is -0.157. The van der Waals surface area contributed by atoms with Crippen molar-refractivity contribution in [3.63, 3.8) is 0 Å². The fourth-order valence-electron chi connectivity index (χ4n) is 4.53. The molecule has 1 aromatic carbocycles. The second-order valence-corrected chi connectivity index (χ2v) is 11.2. The van der Waals surface area contributed by atoms with Gasteiger partial charge in [0.1, 0.15) is 0 Å². The summed E-state index contributed by atoms with van der Waals surface area (Å²) in [6.07, 6.45) is 0.764. The van der Waals surface area contributed by atoms with Crippen LogP contribution in [0.15, 0.2) is 11.0 Å². The molecule has 2 rings (SSSR count). The molecule has 0 unspecified atom stereocenters. The zero-order valence-corrected chi connectivity index (χ0v) is 21.5. The average Bonchev–Trinajstić information content (AvgIpc) is 2.70. The minimum Gasteiger partial charge on any atom is -0.455 e. The number of hydrogen-bond acceptors (Lipinski definition) is 5. The Hall–Kier alpha value is -1.93. The quantitative estimate of drug-likeness (QED) is 0.574. The maximum absolute atomic E-state index is 13.4. The molecule has 1 aliphatic heterocycles. The maximum atomic E-state index is 13.4. The third kappa shape index (κ3) is 5.52. The largest absolute Gasteiger partial charge is 0.455 e. The van der Waals surface area contributed by atoms with E-state index in [9.17, 15) is 18.0 Å². The molecule has 180 valence electrons. The number of esters is 1. The predicted octanol–water partition coefficient (Wildman–Crippen LogP) is 3.51. The smallest absolute Gasteiger partial charge is 0.309 e. The highest BCUT2D eigenvalue weighted by Crippen LogP contribution is 2.31. The van der Waals surface area contributed by atoms with Crippen molar-refractivity contribution in [2.24, 2.45) is 5.92 Å². The molecule has 0 aromatic heterocycles. The zero-order valence-electron chi connectivity index (χ0n) is 20.7. The van der Waals surface area contributed by atoms with E-state index in [1.54, 1.807) is 4.90 Å². The van der Waals surface area contributed by atoms with E-state index in [0.29, 0.717) is 17.7 Å². The first-order valence-corrected chi connectivity index (χ1v) is 12.8. The molecule has 1 heterocycles. The first-order valence-electron chi connectivity index (χ1n) is 11.3. The number of aryl methyl sites for hydroxylation is 2. The number of benzene rings is 1. The summed E-state index contributed by atoms with van der Waals surface area (Å²) in [7, 11) is -3.65. The Morgan fingerprint density at radius 1 is 1.00 bits per heavy atom. The molecule has 0 radical (unpaired) electrons. The molecule has 0 N–H and O–H groups in total. The average molecular weight is 467 g/mol. The van der Waals surface area contributed by atoms with Crippen LogP contribution in [0.2, 0.25) is 0 Å². The van der Waals surface area contributed by atoms with Gasteiger partial charge in [0.15, 0.2) is 6.61 Å². The first kappa shape index (κ1) is 26.3. The van der Waals surface area contributed by atoms with Gasteiger partial charge in [0.05, 0.1) is 10.8 Å². The van der Waals surface area contributed by atoms with Crippen molar-refractivity contribution in [2.45, 2.75) is 85.2 Å². The zero-order chi connectivity index (χ0) is 24.4. The van der Waals surface area contributed by atoms with Crippen LogP contribution in [0.1, 0.15) is 62.8 Å². The fourth-order valence-corrected chi connectivity index (χ4v) is 6.57. The molecule has 1 aliphatic rings. The summed E-state index contributed by atoms with van der Waals surface area (Å²) < 4.78 is 33.5. The Balaban J connectivity index is 2.03. The first-order chi connectivity index (χ1) is 14.8. The van der Waals surface area contributed by atoms with E-state index in [2.05, 4.69) is 0 Å². The van der Waals surface area contributed by atoms with E-state index in [1.165, 1.54) is 4.31 Å². The second kappa shape index (κ2) is 10.3. The Bertz CT molecular complexity index is 927. The van der Waals surface area contributed by atoms with Crippen molar-refractivity contribution in [1.82, 2.24) is 9.21 Å². The van der Waals surface area contributed by atoms with Gasteiger partial charge >= 0.3 is 5.97 Å². The molecule has 0 spiro atoms. The van der Waals surface area contributed by atoms with Gasteiger partial charge in [0, 0.05) is 25.2 Å². The number of nitrogens with zero attached hydrogens (tertiary/aromatic N) is 2. The fraction of sp³-hybridized carbons (Fsp3) is 0.667. The number of hydrogen-bond donors (Lipinski definition) is 0. The number of piperidine rings is 1. The molecule has 0 saturated carbocycles. The number of sulfonamides is 1. The Morgan fingerprint density at radius 2 is 1.47 bits per heavy atom. The monoisotopic (exact) mass is 466 g/mol. The summed E-state index contributed by atoms with van der Waals surface area (Å²) in [6, 6.07) is 2.05. The molecule has 1 saturated heterocycles. The molecule has 0 atom stereocenters. The van der Waals surface area contributed by atoms with Gasteiger partial charge < -0.3 is 9.64 Å². The number of ether oxygens (including phenoxy) is 1. The Kier molecular flexibility index (Phi) is 8.50. The van der Waals surface area contributed by atoms with E-state index in [4.69, 9.17) is 4.74 Å². The maximum Gasteiger partial charge on any atom is 0.309 e. The van der Waals surface area contributed by atoms with Gasteiger partial charge in [0.25, 0.3) is 5.91 Å². The lowest BCUT2D eigenvalue weighted by Crippen LogP contribution is -2.45. The van der Waals surface area contributed by atoms with Gasteiger partial charge in [-0.3, -0.25) is 9.59 Å². The normalized spacial score (nSPS) is 15.9. The van der Waals surface area contributed by atoms with Crippen molar-refractivity contribution in [3.8, 4) is 0 Å². The van der Waals surface area contributed by atoms with E-state index < -0.39 is 21.9 Å². The van der Waals surface area contributed by atoms with Crippen LogP contribution in [0.25, 0.3) is 0 Å². The minimum absolute atomic E-state index is 0.0202. The molecule has 0 bridgehead atoms. The SMILES string of the molecule is Cc1cc(C)c(C)c(S(=O)(=O)N2CCC(C(=O)OCC(=O)N(C(C)C)C(C)C)CC2)c1C. The van der Waals surface area contributed by atoms with Crippen molar-refractivity contribution in [1.29, 1.82) is 0 Å². The molecule has 1 fully saturated rings. The van der Waals surface area contributed by atoms with Gasteiger partial charge in [0.2, 0.25) is 10.0 Å². The van der Waals surface area contributed by atoms with Crippen LogP contribution < -0.4 is 0 Å². The Morgan fingerprint density at radius 3 is 1.91 bits per heavy atom. The highest BCUT2D eigenvalue weighted by atomic mass is 32.2. The molecule has 1 aromatic rings. The van der Waals surface area contributed by atoms with Gasteiger partial charge in [-0.2, -0.15) is 4.31 Å². The van der Waals surface area contributed by atoms with Crippen molar-refractivity contribution < 1.29 is 22.7 Å². The summed E-state index contributed by atoms with van der Waals surface area (Å²) in [4.78, 5) is 27.0. The van der Waals surface area contributed by atoms with Gasteiger partial charge in [-0.15, -0.1) is 0 Å². The number of carbonyl (C=O) groups is 2. The van der Waals surface area contributed by atoms with Crippen molar-refractivity contribution >= 4 is 21.9 Å². The van der Waals surface area contributed by atoms with Crippen LogP contribution >= 0.6 is 0 Å². The molecule has 0 aliphatic carbocycles. The van der Waals surface area contributed by atoms with Crippen LogP contribution in [0.4, 0.5) is 0 Å². The summed E-state index contributed by atoms with van der Waals surface area (Å²) in [5, 5.41) is 0. The Labute approximate surface area is 193 Å². The predicted molar refractivity (Wildman–Crippen MR) is 125 cm³/mol. The highest BCUT2D eigenvalue weighted by Gasteiger charge is 2.35. The molecular weight excluding hydrogens is 428 g/mol. The number of carbonyl (C=O) groups excluding carboxylic acids is 2. The van der Waals surface area contributed by atoms with Crippen LogP contribution in [0.3, 0.4) is 0 Å². The molecular formula is C24H38N2O5S. The van der Waals surface area contributed by atoms with Crippen LogP contribution in [-0.4, -0.2) is 61.3 Å². The molecule has 32 heavy (non-hydrogen) atoms.